The number of anilines is 1. The van der Waals surface area contributed by atoms with Crippen LogP contribution in [0.15, 0.2) is 26.7 Å². The minimum atomic E-state index is -0.643. The maximum atomic E-state index is 11.8. The summed E-state index contributed by atoms with van der Waals surface area (Å²) < 4.78 is 11.3. The van der Waals surface area contributed by atoms with Gasteiger partial charge < -0.3 is 14.5 Å². The molecule has 1 aliphatic heterocycles. The number of rotatable bonds is 4. The lowest BCUT2D eigenvalue weighted by Crippen LogP contribution is -2.27. The largest absolute Gasteiger partial charge is 0.465 e. The molecule has 22 heavy (non-hydrogen) atoms. The summed E-state index contributed by atoms with van der Waals surface area (Å²) >= 11 is 0. The van der Waals surface area contributed by atoms with Crippen molar-refractivity contribution in [2.75, 3.05) is 18.5 Å². The lowest BCUT2D eigenvalue weighted by atomic mass is 10.3. The van der Waals surface area contributed by atoms with Crippen molar-refractivity contribution in [2.45, 2.75) is 6.42 Å². The summed E-state index contributed by atoms with van der Waals surface area (Å²) in [4.78, 5) is 34.1. The van der Waals surface area contributed by atoms with Crippen molar-refractivity contribution in [3.05, 3.63) is 28.7 Å². The van der Waals surface area contributed by atoms with Crippen molar-refractivity contribution >= 4 is 11.7 Å². The van der Waals surface area contributed by atoms with E-state index in [4.69, 9.17) is 14.7 Å². The zero-order valence-corrected chi connectivity index (χ0v) is 11.1. The minimum Gasteiger partial charge on any atom is -0.465 e. The van der Waals surface area contributed by atoms with E-state index in [9.17, 15) is 9.59 Å². The Morgan fingerprint density at radius 1 is 1.50 bits per heavy atom. The number of hydrogen-bond donors (Lipinski definition) is 2. The summed E-state index contributed by atoms with van der Waals surface area (Å²) in [5.41, 5.74) is 6.55. The molecule has 0 fully saturated rings. The topological polar surface area (TPSA) is 150 Å². The van der Waals surface area contributed by atoms with Gasteiger partial charge in [0.1, 0.15) is 23.0 Å². The first-order valence-corrected chi connectivity index (χ1v) is 6.22. The summed E-state index contributed by atoms with van der Waals surface area (Å²) in [7, 11) is 0. The van der Waals surface area contributed by atoms with E-state index >= 15 is 0 Å². The summed E-state index contributed by atoms with van der Waals surface area (Å²) in [6.45, 7) is 0.109. The normalized spacial score (nSPS) is 12.8. The van der Waals surface area contributed by atoms with E-state index in [-0.39, 0.29) is 36.6 Å². The zero-order chi connectivity index (χ0) is 15.5. The van der Waals surface area contributed by atoms with Crippen LogP contribution in [0.2, 0.25) is 0 Å². The molecule has 3 rings (SSSR count). The lowest BCUT2D eigenvalue weighted by Gasteiger charge is -2.15. The molecular formula is C11H10N7O4+. The van der Waals surface area contributed by atoms with E-state index < -0.39 is 5.76 Å². The monoisotopic (exact) mass is 304 g/mol. The summed E-state index contributed by atoms with van der Waals surface area (Å²) in [6.07, 6.45) is 3.10. The fraction of sp³-hybridized carbons (Fsp3) is 0.273. The molecule has 11 nitrogen and oxygen atoms in total. The molecule has 112 valence electrons. The number of carbonyl (C=O) groups is 1. The molecule has 3 heterocycles. The highest BCUT2D eigenvalue weighted by molar-refractivity contribution is 5.93. The number of ether oxygens (including phenoxy) is 1. The zero-order valence-electron chi connectivity index (χ0n) is 11.1. The average molecular weight is 304 g/mol. The second kappa shape index (κ2) is 5.58. The van der Waals surface area contributed by atoms with Crippen LogP contribution in [0.1, 0.15) is 5.76 Å². The van der Waals surface area contributed by atoms with Crippen molar-refractivity contribution < 1.29 is 13.9 Å². The summed E-state index contributed by atoms with van der Waals surface area (Å²) in [6, 6.07) is 0. The fourth-order valence-electron chi connectivity index (χ4n) is 1.84. The van der Waals surface area contributed by atoms with E-state index in [1.807, 2.05) is 0 Å². The van der Waals surface area contributed by atoms with Crippen LogP contribution < -0.4 is 20.7 Å². The fourth-order valence-corrected chi connectivity index (χ4v) is 1.84. The summed E-state index contributed by atoms with van der Waals surface area (Å²) in [5.74, 6) is -0.0960. The van der Waals surface area contributed by atoms with Crippen LogP contribution in [-0.4, -0.2) is 33.6 Å². The highest BCUT2D eigenvalue weighted by atomic mass is 16.5. The first-order chi connectivity index (χ1) is 10.7. The van der Waals surface area contributed by atoms with Gasteiger partial charge in [0.15, 0.2) is 18.2 Å². The molecule has 2 N–H and O–H groups in total. The standard InChI is InChI=1S/C11H9N7O4/c12-17-14-2-1-6-4-18(11(20)22-6)7-3-13-10-9(15-7)16-8(19)5-21-10/h3-4,12H,1-2,5H2/p+1. The van der Waals surface area contributed by atoms with Crippen LogP contribution in [0.4, 0.5) is 5.82 Å². The Kier molecular flexibility index (Phi) is 3.46. The molecule has 0 saturated heterocycles. The summed E-state index contributed by atoms with van der Waals surface area (Å²) in [5, 5.41) is 5.98. The van der Waals surface area contributed by atoms with Crippen molar-refractivity contribution in [1.29, 1.82) is 5.53 Å². The second-order valence-corrected chi connectivity index (χ2v) is 4.27. The Bertz CT molecular complexity index is 833. The SMILES string of the molecule is N=[N+]=NCCc1cn(-c2cnc3c(n2)NC(=O)CO3)c(=O)o1. The number of nitrogens with zero attached hydrogens (tertiary/aromatic N) is 5. The molecule has 0 bridgehead atoms. The maximum absolute atomic E-state index is 11.8. The van der Waals surface area contributed by atoms with E-state index in [0.29, 0.717) is 12.2 Å². The van der Waals surface area contributed by atoms with E-state index in [1.54, 1.807) is 0 Å². The third kappa shape index (κ3) is 2.60. The Balaban J connectivity index is 1.91. The van der Waals surface area contributed by atoms with Gasteiger partial charge in [0, 0.05) is 6.42 Å². The van der Waals surface area contributed by atoms with Crippen LogP contribution in [0.25, 0.3) is 5.82 Å². The molecule has 0 aliphatic carbocycles. The van der Waals surface area contributed by atoms with Crippen LogP contribution >= 0.6 is 0 Å². The lowest BCUT2D eigenvalue weighted by molar-refractivity contribution is -0.118. The maximum Gasteiger partial charge on any atom is 0.425 e. The van der Waals surface area contributed by atoms with Crippen LogP contribution in [0.5, 0.6) is 5.88 Å². The van der Waals surface area contributed by atoms with Crippen molar-refractivity contribution in [3.8, 4) is 11.7 Å². The van der Waals surface area contributed by atoms with E-state index in [2.05, 4.69) is 25.3 Å². The van der Waals surface area contributed by atoms with Gasteiger partial charge in [-0.25, -0.2) is 19.3 Å². The smallest absolute Gasteiger partial charge is 0.425 e. The second-order valence-electron chi connectivity index (χ2n) is 4.27. The predicted molar refractivity (Wildman–Crippen MR) is 69.9 cm³/mol. The Labute approximate surface area is 122 Å². The Morgan fingerprint density at radius 3 is 3.18 bits per heavy atom. The molecule has 0 unspecified atom stereocenters. The third-order valence-electron chi connectivity index (χ3n) is 2.79. The highest BCUT2D eigenvalue weighted by Crippen LogP contribution is 2.23. The van der Waals surface area contributed by atoms with Gasteiger partial charge in [0.05, 0.1) is 12.4 Å². The molecule has 0 saturated carbocycles. The van der Waals surface area contributed by atoms with Crippen LogP contribution in [0.3, 0.4) is 0 Å². The van der Waals surface area contributed by atoms with Gasteiger partial charge in [0.25, 0.3) is 11.8 Å². The first kappa shape index (κ1) is 13.6. The number of oxazole rings is 1. The molecule has 0 radical (unpaired) electrons. The van der Waals surface area contributed by atoms with Crippen molar-refractivity contribution in [1.82, 2.24) is 19.4 Å². The van der Waals surface area contributed by atoms with Crippen LogP contribution in [0, 0.1) is 5.53 Å². The molecule has 11 heteroatoms. The van der Waals surface area contributed by atoms with Gasteiger partial charge in [-0.15, -0.1) is 0 Å². The number of nitrogens with one attached hydrogen (secondary N) is 2. The molecule has 2 aromatic rings. The predicted octanol–water partition coefficient (Wildman–Crippen LogP) is -0.356. The van der Waals surface area contributed by atoms with Crippen LogP contribution in [-0.2, 0) is 11.2 Å². The van der Waals surface area contributed by atoms with E-state index in [1.165, 1.54) is 12.4 Å². The van der Waals surface area contributed by atoms with Crippen molar-refractivity contribution in [3.63, 3.8) is 0 Å². The first-order valence-electron chi connectivity index (χ1n) is 6.22. The van der Waals surface area contributed by atoms with Gasteiger partial charge in [0.2, 0.25) is 4.91 Å². The number of fused-ring (bicyclic) bond motifs is 1. The Hall–Kier alpha value is -3.33. The molecule has 1 amide bonds. The molecule has 0 atom stereocenters. The van der Waals surface area contributed by atoms with Gasteiger partial charge in [-0.3, -0.25) is 4.79 Å². The highest BCUT2D eigenvalue weighted by Gasteiger charge is 2.20. The number of aromatic nitrogens is 3. The molecule has 0 spiro atoms. The van der Waals surface area contributed by atoms with E-state index in [0.717, 1.165) is 4.57 Å². The molecule has 2 aromatic heterocycles. The van der Waals surface area contributed by atoms with Gasteiger partial charge in [-0.1, -0.05) is 0 Å². The third-order valence-corrected chi connectivity index (χ3v) is 2.79. The van der Waals surface area contributed by atoms with Gasteiger partial charge >= 0.3 is 5.76 Å². The van der Waals surface area contributed by atoms with Gasteiger partial charge in [-0.05, 0) is 0 Å². The molecule has 1 aliphatic rings. The quantitative estimate of drug-likeness (QED) is 0.582. The minimum absolute atomic E-state index is 0.124. The number of hydrogen-bond acceptors (Lipinski definition) is 8. The molecule has 0 aromatic carbocycles. The molecular weight excluding hydrogens is 294 g/mol. The number of amides is 1. The number of carbonyl (C=O) groups excluding carboxylic acids is 1. The van der Waals surface area contributed by atoms with Crippen molar-refractivity contribution in [2.24, 2.45) is 5.11 Å². The Morgan fingerprint density at radius 2 is 2.36 bits per heavy atom. The van der Waals surface area contributed by atoms with Gasteiger partial charge in [-0.2, -0.15) is 0 Å². The average Bonchev–Trinajstić information content (AvgIpc) is 2.87.